The average molecular weight is 606 g/mol. The first-order chi connectivity index (χ1) is 21.4. The van der Waals surface area contributed by atoms with Gasteiger partial charge in [0, 0.05) is 40.9 Å². The minimum Gasteiger partial charge on any atom is -0.462 e. The van der Waals surface area contributed by atoms with Crippen molar-refractivity contribution in [3.63, 3.8) is 0 Å². The molecule has 1 N–H and O–H groups in total. The summed E-state index contributed by atoms with van der Waals surface area (Å²) in [6, 6.07) is 26.8. The van der Waals surface area contributed by atoms with Gasteiger partial charge in [-0.1, -0.05) is 54.2 Å². The molecule has 6 rings (SSSR count). The Morgan fingerprint density at radius 3 is 2.18 bits per heavy atom. The van der Waals surface area contributed by atoms with E-state index in [4.69, 9.17) is 4.74 Å². The van der Waals surface area contributed by atoms with Gasteiger partial charge in [0.05, 0.1) is 17.9 Å². The van der Waals surface area contributed by atoms with E-state index in [0.717, 1.165) is 11.1 Å². The molecule has 11 heteroatoms. The predicted octanol–water partition coefficient (Wildman–Crippen LogP) is 5.17. The Balaban J connectivity index is 1.17. The van der Waals surface area contributed by atoms with Gasteiger partial charge in [-0.3, -0.25) is 23.9 Å². The topological polar surface area (TPSA) is 123 Å². The van der Waals surface area contributed by atoms with Crippen molar-refractivity contribution in [3.8, 4) is 5.69 Å². The molecule has 0 saturated carbocycles. The number of hydrogen-bond donors (Lipinski definition) is 1. The normalized spacial score (nSPS) is 12.4. The summed E-state index contributed by atoms with van der Waals surface area (Å²) >= 11 is 1.21. The molecule has 2 heterocycles. The van der Waals surface area contributed by atoms with Crippen LogP contribution in [-0.2, 0) is 16.0 Å². The lowest BCUT2D eigenvalue weighted by atomic mass is 9.94. The Morgan fingerprint density at radius 2 is 1.52 bits per heavy atom. The molecular formula is C33H27N5O5S. The minimum absolute atomic E-state index is 0.0501. The first kappa shape index (κ1) is 28.8. The van der Waals surface area contributed by atoms with Gasteiger partial charge in [0.2, 0.25) is 5.91 Å². The van der Waals surface area contributed by atoms with Crippen molar-refractivity contribution in [3.05, 3.63) is 114 Å². The van der Waals surface area contributed by atoms with Gasteiger partial charge < -0.3 is 10.1 Å². The fraction of sp³-hybridized carbons (Fsp3) is 0.152. The van der Waals surface area contributed by atoms with E-state index >= 15 is 0 Å². The standard InChI is InChI=1S/C33H27N5O5S/c1-2-43-32(42)22-14-16-23(17-15-22)34-28(39)20-44-33-36-35-27(38(33)24-10-4-3-5-11-24)18-19-37-30(40)25-12-6-8-21-9-7-13-26(29(21)25)31(37)41/h3-17H,2,18-20H2,1H3,(H,34,39). The summed E-state index contributed by atoms with van der Waals surface area (Å²) in [6.07, 6.45) is 0.261. The second-order valence-corrected chi connectivity index (χ2v) is 10.9. The highest BCUT2D eigenvalue weighted by Gasteiger charge is 2.32. The van der Waals surface area contributed by atoms with Gasteiger partial charge in [-0.05, 0) is 60.8 Å². The van der Waals surface area contributed by atoms with Crippen LogP contribution in [0.5, 0.6) is 0 Å². The first-order valence-corrected chi connectivity index (χ1v) is 15.0. The minimum atomic E-state index is -0.423. The summed E-state index contributed by atoms with van der Waals surface area (Å²) in [6.45, 7) is 2.13. The number of nitrogens with one attached hydrogen (secondary N) is 1. The number of carbonyl (C=O) groups excluding carboxylic acids is 4. The van der Waals surface area contributed by atoms with Gasteiger partial charge in [0.15, 0.2) is 5.16 Å². The summed E-state index contributed by atoms with van der Waals surface area (Å²) in [5, 5.41) is 13.6. The smallest absolute Gasteiger partial charge is 0.338 e. The number of benzene rings is 4. The van der Waals surface area contributed by atoms with E-state index in [-0.39, 0.29) is 43.0 Å². The number of imide groups is 1. The molecule has 1 aliphatic rings. The molecule has 0 bridgehead atoms. The zero-order valence-electron chi connectivity index (χ0n) is 23.7. The van der Waals surface area contributed by atoms with Crippen molar-refractivity contribution < 1.29 is 23.9 Å². The Hall–Kier alpha value is -5.29. The Bertz CT molecular complexity index is 1840. The molecule has 3 amide bonds. The molecule has 0 unspecified atom stereocenters. The molecule has 10 nitrogen and oxygen atoms in total. The Morgan fingerprint density at radius 1 is 0.841 bits per heavy atom. The van der Waals surface area contributed by atoms with E-state index in [2.05, 4.69) is 15.5 Å². The van der Waals surface area contributed by atoms with Gasteiger partial charge in [0.1, 0.15) is 5.82 Å². The first-order valence-electron chi connectivity index (χ1n) is 14.0. The molecule has 0 fully saturated rings. The van der Waals surface area contributed by atoms with Crippen LogP contribution in [0.1, 0.15) is 43.8 Å². The number of aromatic nitrogens is 3. The quantitative estimate of drug-likeness (QED) is 0.131. The maximum absolute atomic E-state index is 13.4. The zero-order chi connectivity index (χ0) is 30.6. The number of hydrogen-bond acceptors (Lipinski definition) is 8. The highest BCUT2D eigenvalue weighted by molar-refractivity contribution is 7.99. The van der Waals surface area contributed by atoms with Crippen LogP contribution in [-0.4, -0.2) is 62.3 Å². The summed E-state index contributed by atoms with van der Waals surface area (Å²) < 4.78 is 6.83. The monoisotopic (exact) mass is 605 g/mol. The third kappa shape index (κ3) is 5.69. The number of esters is 1. The van der Waals surface area contributed by atoms with Crippen molar-refractivity contribution in [1.82, 2.24) is 19.7 Å². The third-order valence-electron chi connectivity index (χ3n) is 7.14. The molecule has 0 saturated heterocycles. The van der Waals surface area contributed by atoms with Crippen molar-refractivity contribution in [1.29, 1.82) is 0 Å². The lowest BCUT2D eigenvalue weighted by Crippen LogP contribution is -2.41. The number of amides is 3. The van der Waals surface area contributed by atoms with Gasteiger partial charge in [0.25, 0.3) is 11.8 Å². The third-order valence-corrected chi connectivity index (χ3v) is 8.07. The molecule has 220 valence electrons. The van der Waals surface area contributed by atoms with Crippen LogP contribution in [0.15, 0.2) is 96.2 Å². The fourth-order valence-corrected chi connectivity index (χ4v) is 5.89. The van der Waals surface area contributed by atoms with E-state index in [0.29, 0.717) is 38.7 Å². The number of nitrogens with zero attached hydrogens (tertiary/aromatic N) is 4. The number of para-hydroxylation sites is 1. The summed E-state index contributed by atoms with van der Waals surface area (Å²) in [7, 11) is 0. The number of rotatable bonds is 10. The van der Waals surface area contributed by atoms with E-state index in [1.54, 1.807) is 43.3 Å². The number of carbonyl (C=O) groups is 4. The summed E-state index contributed by atoms with van der Waals surface area (Å²) in [5.74, 6) is -0.771. The van der Waals surface area contributed by atoms with E-state index in [1.165, 1.54) is 16.7 Å². The molecule has 5 aromatic rings. The summed E-state index contributed by atoms with van der Waals surface area (Å²) in [4.78, 5) is 52.7. The Labute approximate surface area is 257 Å². The molecular weight excluding hydrogens is 578 g/mol. The summed E-state index contributed by atoms with van der Waals surface area (Å²) in [5.41, 5.74) is 2.73. The highest BCUT2D eigenvalue weighted by Crippen LogP contribution is 2.30. The molecule has 1 aromatic heterocycles. The van der Waals surface area contributed by atoms with Crippen molar-refractivity contribution in [2.75, 3.05) is 24.2 Å². The SMILES string of the molecule is CCOC(=O)c1ccc(NC(=O)CSc2nnc(CCN3C(=O)c4cccc5cccc(c45)C3=O)n2-c2ccccc2)cc1. The van der Waals surface area contributed by atoms with Crippen LogP contribution < -0.4 is 5.32 Å². The fourth-order valence-electron chi connectivity index (χ4n) is 5.12. The molecule has 0 atom stereocenters. The number of ether oxygens (including phenoxy) is 1. The molecule has 0 aliphatic carbocycles. The predicted molar refractivity (Wildman–Crippen MR) is 166 cm³/mol. The van der Waals surface area contributed by atoms with E-state index < -0.39 is 5.97 Å². The van der Waals surface area contributed by atoms with Crippen LogP contribution in [0.2, 0.25) is 0 Å². The maximum atomic E-state index is 13.4. The van der Waals surface area contributed by atoms with Crippen LogP contribution in [0.4, 0.5) is 5.69 Å². The maximum Gasteiger partial charge on any atom is 0.338 e. The lowest BCUT2D eigenvalue weighted by molar-refractivity contribution is -0.113. The molecule has 1 aliphatic heterocycles. The van der Waals surface area contributed by atoms with Crippen LogP contribution in [0.3, 0.4) is 0 Å². The molecule has 44 heavy (non-hydrogen) atoms. The number of thioether (sulfide) groups is 1. The average Bonchev–Trinajstić information content (AvgIpc) is 3.46. The van der Waals surface area contributed by atoms with Gasteiger partial charge in [-0.2, -0.15) is 0 Å². The molecule has 4 aromatic carbocycles. The molecule has 0 radical (unpaired) electrons. The highest BCUT2D eigenvalue weighted by atomic mass is 32.2. The second kappa shape index (κ2) is 12.5. The van der Waals surface area contributed by atoms with E-state index in [1.807, 2.05) is 59.2 Å². The zero-order valence-corrected chi connectivity index (χ0v) is 24.5. The van der Waals surface area contributed by atoms with Crippen LogP contribution in [0.25, 0.3) is 16.5 Å². The van der Waals surface area contributed by atoms with Gasteiger partial charge >= 0.3 is 5.97 Å². The van der Waals surface area contributed by atoms with Crippen molar-refractivity contribution in [2.24, 2.45) is 0 Å². The Kier molecular flexibility index (Phi) is 8.20. The lowest BCUT2D eigenvalue weighted by Gasteiger charge is -2.27. The van der Waals surface area contributed by atoms with Crippen molar-refractivity contribution >= 4 is 51.9 Å². The molecule has 0 spiro atoms. The van der Waals surface area contributed by atoms with Crippen LogP contribution in [0, 0.1) is 0 Å². The van der Waals surface area contributed by atoms with Crippen LogP contribution >= 0.6 is 11.8 Å². The van der Waals surface area contributed by atoms with Crippen molar-refractivity contribution in [2.45, 2.75) is 18.5 Å². The largest absolute Gasteiger partial charge is 0.462 e. The van der Waals surface area contributed by atoms with Gasteiger partial charge in [-0.15, -0.1) is 10.2 Å². The van der Waals surface area contributed by atoms with E-state index in [9.17, 15) is 19.2 Å². The van der Waals surface area contributed by atoms with Gasteiger partial charge in [-0.25, -0.2) is 4.79 Å². The number of anilines is 1. The second-order valence-electron chi connectivity index (χ2n) is 9.93.